The summed E-state index contributed by atoms with van der Waals surface area (Å²) in [5.74, 6) is 0. The molecule has 0 saturated heterocycles. The molecule has 7 heteroatoms. The van der Waals surface area contributed by atoms with E-state index >= 15 is 0 Å². The molecule has 0 atom stereocenters. The molecule has 0 radical (unpaired) electrons. The largest absolute Gasteiger partial charge is 0.315 e. The van der Waals surface area contributed by atoms with Crippen LogP contribution < -0.4 is 10.0 Å². The number of hydrogen-bond donors (Lipinski definition) is 2. The number of nitrogens with zero attached hydrogens (tertiary/aromatic N) is 2. The van der Waals surface area contributed by atoms with E-state index in [0.29, 0.717) is 13.1 Å². The van der Waals surface area contributed by atoms with Crippen LogP contribution in [0.3, 0.4) is 0 Å². The maximum absolute atomic E-state index is 12.0. The molecule has 1 aromatic heterocycles. The Kier molecular flexibility index (Phi) is 7.79. The second-order valence-corrected chi connectivity index (χ2v) is 6.56. The first-order chi connectivity index (χ1) is 9.60. The van der Waals surface area contributed by atoms with Gasteiger partial charge >= 0.3 is 0 Å². The molecule has 0 bridgehead atoms. The first-order valence-corrected chi connectivity index (χ1v) is 8.81. The Bertz CT molecular complexity index is 470. The molecule has 0 aliphatic heterocycles. The lowest BCUT2D eigenvalue weighted by atomic mass is 10.3. The number of rotatable bonds is 11. The van der Waals surface area contributed by atoms with Crippen LogP contribution in [0.5, 0.6) is 0 Å². The summed E-state index contributed by atoms with van der Waals surface area (Å²) in [6, 6.07) is 0. The van der Waals surface area contributed by atoms with Gasteiger partial charge < -0.3 is 5.32 Å². The molecule has 20 heavy (non-hydrogen) atoms. The van der Waals surface area contributed by atoms with Gasteiger partial charge in [-0.2, -0.15) is 5.10 Å². The normalized spacial score (nSPS) is 11.9. The van der Waals surface area contributed by atoms with Gasteiger partial charge in [0, 0.05) is 19.3 Å². The number of nitrogens with one attached hydrogen (secondary N) is 2. The Morgan fingerprint density at radius 3 is 2.65 bits per heavy atom. The summed E-state index contributed by atoms with van der Waals surface area (Å²) in [6.45, 7) is 7.11. The van der Waals surface area contributed by atoms with Gasteiger partial charge in [0.15, 0.2) is 0 Å². The molecule has 1 heterocycles. The molecule has 1 rings (SSSR count). The summed E-state index contributed by atoms with van der Waals surface area (Å²) in [5, 5.41) is 7.34. The average Bonchev–Trinajstić information content (AvgIpc) is 2.89. The molecule has 6 nitrogen and oxygen atoms in total. The minimum atomic E-state index is -3.41. The molecule has 0 unspecified atom stereocenters. The first kappa shape index (κ1) is 17.1. The van der Waals surface area contributed by atoms with Gasteiger partial charge in [0.2, 0.25) is 10.0 Å². The topological polar surface area (TPSA) is 76.0 Å². The summed E-state index contributed by atoms with van der Waals surface area (Å²) >= 11 is 0. The standard InChI is InChI=1S/C13H26N4O2S/c1-3-5-6-8-16-20(18,19)13-11-15-17(12-13)10-9-14-7-4-2/h11-12,14,16H,3-10H2,1-2H3. The fourth-order valence-electron chi connectivity index (χ4n) is 1.77. The third-order valence-electron chi connectivity index (χ3n) is 2.94. The summed E-state index contributed by atoms with van der Waals surface area (Å²) in [5.41, 5.74) is 0. The van der Waals surface area contributed by atoms with E-state index in [1.165, 1.54) is 6.20 Å². The van der Waals surface area contributed by atoms with Crippen molar-refractivity contribution >= 4 is 10.0 Å². The van der Waals surface area contributed by atoms with Gasteiger partial charge in [-0.25, -0.2) is 13.1 Å². The van der Waals surface area contributed by atoms with Gasteiger partial charge in [-0.15, -0.1) is 0 Å². The molecular weight excluding hydrogens is 276 g/mol. The van der Waals surface area contributed by atoms with Crippen LogP contribution >= 0.6 is 0 Å². The average molecular weight is 302 g/mol. The van der Waals surface area contributed by atoms with Gasteiger partial charge in [-0.05, 0) is 19.4 Å². The van der Waals surface area contributed by atoms with Crippen molar-refractivity contribution in [1.82, 2.24) is 19.8 Å². The Morgan fingerprint density at radius 1 is 1.15 bits per heavy atom. The lowest BCUT2D eigenvalue weighted by Crippen LogP contribution is -2.24. The summed E-state index contributed by atoms with van der Waals surface area (Å²) < 4.78 is 28.3. The fourth-order valence-corrected chi connectivity index (χ4v) is 2.79. The predicted molar refractivity (Wildman–Crippen MR) is 80.1 cm³/mol. The van der Waals surface area contributed by atoms with Crippen LogP contribution in [0.4, 0.5) is 0 Å². The third-order valence-corrected chi connectivity index (χ3v) is 4.35. The Labute approximate surface area is 122 Å². The Hall–Kier alpha value is -0.920. The Balaban J connectivity index is 2.44. The second-order valence-electron chi connectivity index (χ2n) is 4.79. The minimum absolute atomic E-state index is 0.240. The van der Waals surface area contributed by atoms with Crippen molar-refractivity contribution in [1.29, 1.82) is 0 Å². The van der Waals surface area contributed by atoms with Gasteiger partial charge in [-0.3, -0.25) is 4.68 Å². The van der Waals surface area contributed by atoms with Crippen molar-refractivity contribution in [3.8, 4) is 0 Å². The second kappa shape index (κ2) is 9.10. The quantitative estimate of drug-likeness (QED) is 0.605. The number of unbranched alkanes of at least 4 members (excludes halogenated alkanes) is 2. The van der Waals surface area contributed by atoms with Crippen LogP contribution in [-0.4, -0.2) is 37.8 Å². The molecular formula is C13H26N4O2S. The summed E-state index contributed by atoms with van der Waals surface area (Å²) in [4.78, 5) is 0.240. The summed E-state index contributed by atoms with van der Waals surface area (Å²) in [6.07, 6.45) is 7.04. The highest BCUT2D eigenvalue weighted by Crippen LogP contribution is 2.07. The van der Waals surface area contributed by atoms with E-state index in [9.17, 15) is 8.42 Å². The monoisotopic (exact) mass is 302 g/mol. The van der Waals surface area contributed by atoms with E-state index in [1.54, 1.807) is 10.9 Å². The zero-order chi connectivity index (χ0) is 14.8. The van der Waals surface area contributed by atoms with Gasteiger partial charge in [0.1, 0.15) is 4.90 Å². The minimum Gasteiger partial charge on any atom is -0.315 e. The predicted octanol–water partition coefficient (Wildman–Crippen LogP) is 1.35. The van der Waals surface area contributed by atoms with Crippen molar-refractivity contribution in [3.63, 3.8) is 0 Å². The highest BCUT2D eigenvalue weighted by atomic mass is 32.2. The zero-order valence-corrected chi connectivity index (χ0v) is 13.2. The van der Waals surface area contributed by atoms with E-state index in [2.05, 4.69) is 29.0 Å². The molecule has 0 amide bonds. The van der Waals surface area contributed by atoms with Crippen molar-refractivity contribution < 1.29 is 8.42 Å². The highest BCUT2D eigenvalue weighted by molar-refractivity contribution is 7.89. The lowest BCUT2D eigenvalue weighted by molar-refractivity contribution is 0.551. The maximum Gasteiger partial charge on any atom is 0.243 e. The van der Waals surface area contributed by atoms with Crippen LogP contribution in [0.25, 0.3) is 0 Å². The zero-order valence-electron chi connectivity index (χ0n) is 12.4. The number of sulfonamides is 1. The van der Waals surface area contributed by atoms with Crippen LogP contribution in [0.2, 0.25) is 0 Å². The van der Waals surface area contributed by atoms with E-state index in [1.807, 2.05) is 0 Å². The smallest absolute Gasteiger partial charge is 0.243 e. The van der Waals surface area contributed by atoms with Crippen molar-refractivity contribution in [3.05, 3.63) is 12.4 Å². The van der Waals surface area contributed by atoms with Crippen LogP contribution in [-0.2, 0) is 16.6 Å². The van der Waals surface area contributed by atoms with Gasteiger partial charge in [0.25, 0.3) is 0 Å². The van der Waals surface area contributed by atoms with Crippen LogP contribution in [0, 0.1) is 0 Å². The SMILES string of the molecule is CCCCCNS(=O)(=O)c1cnn(CCNCCC)c1. The van der Waals surface area contributed by atoms with E-state index in [4.69, 9.17) is 0 Å². The lowest BCUT2D eigenvalue weighted by Gasteiger charge is -2.04. The molecule has 0 fully saturated rings. The fraction of sp³-hybridized carbons (Fsp3) is 0.769. The number of aromatic nitrogens is 2. The molecule has 0 aromatic carbocycles. The van der Waals surface area contributed by atoms with E-state index in [-0.39, 0.29) is 4.90 Å². The van der Waals surface area contributed by atoms with Gasteiger partial charge in [0.05, 0.1) is 12.7 Å². The molecule has 116 valence electrons. The molecule has 0 spiro atoms. The molecule has 1 aromatic rings. The number of hydrogen-bond acceptors (Lipinski definition) is 4. The van der Waals surface area contributed by atoms with Crippen LogP contribution in [0.1, 0.15) is 39.5 Å². The van der Waals surface area contributed by atoms with E-state index in [0.717, 1.165) is 38.8 Å². The van der Waals surface area contributed by atoms with Crippen molar-refractivity contribution in [2.75, 3.05) is 19.6 Å². The highest BCUT2D eigenvalue weighted by Gasteiger charge is 2.15. The van der Waals surface area contributed by atoms with E-state index < -0.39 is 10.0 Å². The summed E-state index contributed by atoms with van der Waals surface area (Å²) in [7, 11) is -3.41. The Morgan fingerprint density at radius 2 is 1.95 bits per heavy atom. The molecule has 0 saturated carbocycles. The first-order valence-electron chi connectivity index (χ1n) is 7.33. The molecule has 2 N–H and O–H groups in total. The van der Waals surface area contributed by atoms with Crippen molar-refractivity contribution in [2.45, 2.75) is 51.0 Å². The van der Waals surface area contributed by atoms with Crippen molar-refractivity contribution in [2.24, 2.45) is 0 Å². The van der Waals surface area contributed by atoms with Crippen LogP contribution in [0.15, 0.2) is 17.3 Å². The third kappa shape index (κ3) is 6.02. The molecule has 0 aliphatic rings. The molecule has 0 aliphatic carbocycles. The van der Waals surface area contributed by atoms with Gasteiger partial charge in [-0.1, -0.05) is 26.7 Å². The maximum atomic E-state index is 12.0.